The molecule has 1 aromatic heterocycles. The van der Waals surface area contributed by atoms with Crippen LogP contribution in [0.4, 0.5) is 0 Å². The Morgan fingerprint density at radius 3 is 3.19 bits per heavy atom. The molecule has 0 bridgehead atoms. The maximum absolute atomic E-state index is 5.30. The number of hydrogen-bond acceptors (Lipinski definition) is 1. The summed E-state index contributed by atoms with van der Waals surface area (Å²) in [5.74, 6) is 0. The molecular weight excluding hydrogens is 278 g/mol. The zero-order valence-electron chi connectivity index (χ0n) is 12.3. The summed E-state index contributed by atoms with van der Waals surface area (Å²) in [5.41, 5.74) is 5.40. The molecule has 110 valence electrons. The molecule has 0 saturated carbocycles. The molecule has 1 aliphatic rings. The number of rotatable bonds is 3. The number of nitrogens with one attached hydrogen (secondary N) is 3. The van der Waals surface area contributed by atoms with E-state index in [1.54, 1.807) is 0 Å². The molecule has 0 amide bonds. The van der Waals surface area contributed by atoms with Gasteiger partial charge < -0.3 is 15.6 Å². The molecule has 0 fully saturated rings. The fourth-order valence-electron chi connectivity index (χ4n) is 3.07. The van der Waals surface area contributed by atoms with Gasteiger partial charge in [0.05, 0.1) is 0 Å². The number of aromatic amines is 1. The van der Waals surface area contributed by atoms with Crippen molar-refractivity contribution < 1.29 is 0 Å². The predicted molar refractivity (Wildman–Crippen MR) is 92.8 cm³/mol. The molecule has 0 radical (unpaired) electrons. The largest absolute Gasteiger partial charge is 0.360 e. The van der Waals surface area contributed by atoms with Gasteiger partial charge in [-0.2, -0.15) is 0 Å². The maximum Gasteiger partial charge on any atom is 0.166 e. The van der Waals surface area contributed by atoms with E-state index in [9.17, 15) is 0 Å². The Morgan fingerprint density at radius 2 is 2.38 bits per heavy atom. The Labute approximate surface area is 130 Å². The molecule has 1 heterocycles. The third-order valence-corrected chi connectivity index (χ3v) is 4.35. The molecule has 3 rings (SSSR count). The molecule has 1 aromatic carbocycles. The summed E-state index contributed by atoms with van der Waals surface area (Å²) in [6.07, 6.45) is 5.02. The van der Waals surface area contributed by atoms with Gasteiger partial charge in [0, 0.05) is 35.6 Å². The average molecular weight is 299 g/mol. The van der Waals surface area contributed by atoms with Gasteiger partial charge in [-0.3, -0.25) is 0 Å². The molecule has 1 atom stereocenters. The van der Waals surface area contributed by atoms with Crippen molar-refractivity contribution in [3.05, 3.63) is 47.7 Å². The van der Waals surface area contributed by atoms with Crippen molar-refractivity contribution in [1.82, 2.24) is 15.6 Å². The second-order valence-corrected chi connectivity index (χ2v) is 6.12. The van der Waals surface area contributed by atoms with Gasteiger partial charge in [-0.15, -0.1) is 6.58 Å². The fourth-order valence-corrected chi connectivity index (χ4v) is 3.32. The summed E-state index contributed by atoms with van der Waals surface area (Å²) in [6.45, 7) is 6.54. The van der Waals surface area contributed by atoms with Crippen LogP contribution in [-0.2, 0) is 12.8 Å². The van der Waals surface area contributed by atoms with E-state index in [0.717, 1.165) is 24.4 Å². The van der Waals surface area contributed by atoms with Crippen molar-refractivity contribution in [1.29, 1.82) is 0 Å². The van der Waals surface area contributed by atoms with Crippen LogP contribution < -0.4 is 10.6 Å². The maximum atomic E-state index is 5.30. The van der Waals surface area contributed by atoms with Crippen molar-refractivity contribution in [2.75, 3.05) is 6.54 Å². The van der Waals surface area contributed by atoms with E-state index in [0.29, 0.717) is 12.6 Å². The summed E-state index contributed by atoms with van der Waals surface area (Å²) in [6, 6.07) is 7.03. The van der Waals surface area contributed by atoms with Crippen LogP contribution in [0.3, 0.4) is 0 Å². The zero-order chi connectivity index (χ0) is 14.8. The minimum atomic E-state index is 0.400. The highest BCUT2D eigenvalue weighted by Crippen LogP contribution is 2.29. The SMILES string of the molecule is C=CCNC(=S)NC1CCc2c([nH]c3ccc(C)cc23)C1. The van der Waals surface area contributed by atoms with Gasteiger partial charge in [-0.25, -0.2) is 0 Å². The lowest BCUT2D eigenvalue weighted by atomic mass is 9.91. The van der Waals surface area contributed by atoms with E-state index in [1.165, 1.54) is 27.7 Å². The van der Waals surface area contributed by atoms with E-state index >= 15 is 0 Å². The molecule has 21 heavy (non-hydrogen) atoms. The van der Waals surface area contributed by atoms with Gasteiger partial charge in [0.15, 0.2) is 5.11 Å². The van der Waals surface area contributed by atoms with Gasteiger partial charge in [0.1, 0.15) is 0 Å². The Morgan fingerprint density at radius 1 is 1.52 bits per heavy atom. The molecule has 1 aliphatic carbocycles. The van der Waals surface area contributed by atoms with Crippen LogP contribution in [0.15, 0.2) is 30.9 Å². The molecule has 0 saturated heterocycles. The standard InChI is InChI=1S/C17H21N3S/c1-3-8-18-17(21)19-12-5-6-13-14-9-11(2)4-7-15(14)20-16(13)10-12/h3-4,7,9,12,20H,1,5-6,8,10H2,2H3,(H2,18,19,21). The Kier molecular flexibility index (Phi) is 3.97. The number of aromatic nitrogens is 1. The monoisotopic (exact) mass is 299 g/mol. The number of aryl methyl sites for hydroxylation is 2. The lowest BCUT2D eigenvalue weighted by Gasteiger charge is -2.24. The summed E-state index contributed by atoms with van der Waals surface area (Å²) in [7, 11) is 0. The van der Waals surface area contributed by atoms with E-state index in [-0.39, 0.29) is 0 Å². The number of benzene rings is 1. The smallest absolute Gasteiger partial charge is 0.166 e. The van der Waals surface area contributed by atoms with Crippen LogP contribution in [-0.4, -0.2) is 22.7 Å². The van der Waals surface area contributed by atoms with Crippen LogP contribution in [0.2, 0.25) is 0 Å². The quantitative estimate of drug-likeness (QED) is 0.603. The van der Waals surface area contributed by atoms with Gasteiger partial charge in [-0.05, 0) is 49.7 Å². The first-order valence-corrected chi connectivity index (χ1v) is 7.83. The van der Waals surface area contributed by atoms with Crippen molar-refractivity contribution in [3.8, 4) is 0 Å². The first-order chi connectivity index (χ1) is 10.2. The first kappa shape index (κ1) is 14.1. The van der Waals surface area contributed by atoms with E-state index in [2.05, 4.69) is 47.3 Å². The normalized spacial score (nSPS) is 17.3. The summed E-state index contributed by atoms with van der Waals surface area (Å²) in [5, 5.41) is 8.64. The van der Waals surface area contributed by atoms with E-state index in [1.807, 2.05) is 6.08 Å². The highest BCUT2D eigenvalue weighted by atomic mass is 32.1. The number of thiocarbonyl (C=S) groups is 1. The fraction of sp³-hybridized carbons (Fsp3) is 0.353. The van der Waals surface area contributed by atoms with Gasteiger partial charge in [0.2, 0.25) is 0 Å². The molecule has 3 nitrogen and oxygen atoms in total. The number of H-pyrrole nitrogens is 1. The third-order valence-electron chi connectivity index (χ3n) is 4.09. The minimum Gasteiger partial charge on any atom is -0.360 e. The summed E-state index contributed by atoms with van der Waals surface area (Å²) in [4.78, 5) is 3.57. The van der Waals surface area contributed by atoms with Crippen molar-refractivity contribution >= 4 is 28.2 Å². The Balaban J connectivity index is 1.75. The second kappa shape index (κ2) is 5.90. The van der Waals surface area contributed by atoms with Crippen LogP contribution in [0, 0.1) is 6.92 Å². The number of hydrogen-bond donors (Lipinski definition) is 3. The molecule has 0 aliphatic heterocycles. The highest BCUT2D eigenvalue weighted by Gasteiger charge is 2.22. The Hall–Kier alpha value is -1.81. The van der Waals surface area contributed by atoms with Crippen LogP contribution in [0.5, 0.6) is 0 Å². The molecular formula is C17H21N3S. The third kappa shape index (κ3) is 2.95. The lowest BCUT2D eigenvalue weighted by molar-refractivity contribution is 0.522. The van der Waals surface area contributed by atoms with Gasteiger partial charge in [-0.1, -0.05) is 17.7 Å². The molecule has 2 aromatic rings. The number of fused-ring (bicyclic) bond motifs is 3. The van der Waals surface area contributed by atoms with E-state index in [4.69, 9.17) is 12.2 Å². The Bertz CT molecular complexity index is 687. The summed E-state index contributed by atoms with van der Waals surface area (Å²) >= 11 is 5.30. The minimum absolute atomic E-state index is 0.400. The van der Waals surface area contributed by atoms with Crippen molar-refractivity contribution in [3.63, 3.8) is 0 Å². The van der Waals surface area contributed by atoms with Crippen molar-refractivity contribution in [2.24, 2.45) is 0 Å². The van der Waals surface area contributed by atoms with E-state index < -0.39 is 0 Å². The first-order valence-electron chi connectivity index (χ1n) is 7.42. The van der Waals surface area contributed by atoms with Gasteiger partial charge >= 0.3 is 0 Å². The zero-order valence-corrected chi connectivity index (χ0v) is 13.1. The van der Waals surface area contributed by atoms with Crippen molar-refractivity contribution in [2.45, 2.75) is 32.2 Å². The average Bonchev–Trinajstić information content (AvgIpc) is 2.82. The lowest BCUT2D eigenvalue weighted by Crippen LogP contribution is -2.44. The topological polar surface area (TPSA) is 39.8 Å². The second-order valence-electron chi connectivity index (χ2n) is 5.71. The highest BCUT2D eigenvalue weighted by molar-refractivity contribution is 7.80. The predicted octanol–water partition coefficient (Wildman–Crippen LogP) is 2.98. The molecule has 4 heteroatoms. The van der Waals surface area contributed by atoms with Gasteiger partial charge in [0.25, 0.3) is 0 Å². The van der Waals surface area contributed by atoms with Crippen LogP contribution >= 0.6 is 12.2 Å². The molecule has 0 spiro atoms. The van der Waals surface area contributed by atoms with Crippen LogP contribution in [0.1, 0.15) is 23.2 Å². The molecule has 3 N–H and O–H groups in total. The molecule has 1 unspecified atom stereocenters. The van der Waals surface area contributed by atoms with Crippen LogP contribution in [0.25, 0.3) is 10.9 Å². The summed E-state index contributed by atoms with van der Waals surface area (Å²) < 4.78 is 0.